The van der Waals surface area contributed by atoms with Crippen molar-refractivity contribution in [2.45, 2.75) is 36.8 Å². The van der Waals surface area contributed by atoms with Crippen LogP contribution in [0.2, 0.25) is 0 Å². The molecular weight excluding hydrogens is 541 g/mol. The molecule has 3 fully saturated rings. The van der Waals surface area contributed by atoms with Crippen LogP contribution >= 0.6 is 22.5 Å². The molecule has 4 heterocycles. The lowest BCUT2D eigenvalue weighted by Crippen LogP contribution is -2.28. The van der Waals surface area contributed by atoms with Crippen LogP contribution in [0.15, 0.2) is 59.8 Å². The van der Waals surface area contributed by atoms with Gasteiger partial charge in [0.25, 0.3) is 0 Å². The van der Waals surface area contributed by atoms with Crippen molar-refractivity contribution in [3.63, 3.8) is 0 Å². The van der Waals surface area contributed by atoms with Gasteiger partial charge in [0.05, 0.1) is 17.0 Å². The molecule has 2 aromatic heterocycles. The fourth-order valence-electron chi connectivity index (χ4n) is 6.70. The van der Waals surface area contributed by atoms with Gasteiger partial charge in [-0.05, 0) is 68.5 Å². The maximum Gasteiger partial charge on any atom is 0.191 e. The Kier molecular flexibility index (Phi) is 6.59. The second-order valence-corrected chi connectivity index (χ2v) is 14.7. The van der Waals surface area contributed by atoms with Gasteiger partial charge in [-0.2, -0.15) is 0 Å². The van der Waals surface area contributed by atoms with Crippen LogP contribution in [-0.2, 0) is 12.5 Å². The van der Waals surface area contributed by atoms with Gasteiger partial charge in [-0.25, -0.2) is 0 Å². The summed E-state index contributed by atoms with van der Waals surface area (Å²) in [7, 11) is -0.585. The Balaban J connectivity index is 0.941. The molecule has 3 aliphatic rings. The molecule has 2 saturated heterocycles. The van der Waals surface area contributed by atoms with E-state index in [9.17, 15) is 9.11 Å². The SMILES string of the molecule is Cc1ccc2c(-c3nnc(SCCCN4C[C@@H]5C[C@]5(c5ccc(N6CCCS6(O)O)cc5)C4)n3C)cccc2n1. The summed E-state index contributed by atoms with van der Waals surface area (Å²) in [5.74, 6) is 3.10. The fourth-order valence-corrected chi connectivity index (χ4v) is 9.15. The zero-order valence-electron chi connectivity index (χ0n) is 23.0. The van der Waals surface area contributed by atoms with Crippen molar-refractivity contribution in [1.82, 2.24) is 24.6 Å². The van der Waals surface area contributed by atoms with Gasteiger partial charge in [0.15, 0.2) is 11.0 Å². The first-order valence-electron chi connectivity index (χ1n) is 14.1. The predicted molar refractivity (Wildman–Crippen MR) is 164 cm³/mol. The number of hydrogen-bond donors (Lipinski definition) is 2. The van der Waals surface area contributed by atoms with Crippen molar-refractivity contribution in [3.8, 4) is 11.4 Å². The molecule has 8 nitrogen and oxygen atoms in total. The van der Waals surface area contributed by atoms with Crippen molar-refractivity contribution in [2.75, 3.05) is 42.0 Å². The van der Waals surface area contributed by atoms with Crippen LogP contribution in [0.25, 0.3) is 22.3 Å². The molecule has 1 aliphatic carbocycles. The standard InChI is InChI=1S/C30H36N6O2S2/c1-21-8-13-25-26(6-3-7-27(25)31-21)28-32-33-29(34(28)2)39-16-4-14-35-19-23-18-30(23,20-35)22-9-11-24(12-10-22)36-15-5-17-40(36,37)38/h3,6-13,23,37-38H,4-5,14-20H2,1-2H3/t23-,30+/m0/s1. The van der Waals surface area contributed by atoms with Gasteiger partial charge in [-0.15, -0.1) is 21.0 Å². The van der Waals surface area contributed by atoms with E-state index in [0.29, 0.717) is 5.75 Å². The minimum Gasteiger partial charge on any atom is -0.305 e. The number of thioether (sulfide) groups is 1. The number of likely N-dealkylation sites (tertiary alicyclic amines) is 1. The highest BCUT2D eigenvalue weighted by atomic mass is 32.3. The van der Waals surface area contributed by atoms with E-state index in [1.165, 1.54) is 18.5 Å². The number of benzene rings is 2. The van der Waals surface area contributed by atoms with Crippen LogP contribution in [0.5, 0.6) is 0 Å². The molecule has 0 amide bonds. The second-order valence-electron chi connectivity index (χ2n) is 11.5. The van der Waals surface area contributed by atoms with Gasteiger partial charge in [0, 0.05) is 54.5 Å². The highest BCUT2D eigenvalue weighted by molar-refractivity contribution is 8.25. The maximum atomic E-state index is 10.3. The molecule has 0 bridgehead atoms. The van der Waals surface area contributed by atoms with Crippen LogP contribution in [0.1, 0.15) is 30.5 Å². The smallest absolute Gasteiger partial charge is 0.191 e. The molecule has 2 aromatic carbocycles. The summed E-state index contributed by atoms with van der Waals surface area (Å²) < 4.78 is 24.5. The number of aryl methyl sites for hydroxylation is 1. The fraction of sp³-hybridized carbons (Fsp3) is 0.433. The van der Waals surface area contributed by atoms with Gasteiger partial charge < -0.3 is 9.47 Å². The van der Waals surface area contributed by atoms with Crippen LogP contribution in [0, 0.1) is 12.8 Å². The van der Waals surface area contributed by atoms with Crippen LogP contribution in [0.3, 0.4) is 0 Å². The summed E-state index contributed by atoms with van der Waals surface area (Å²) in [6.45, 7) is 6.11. The number of rotatable bonds is 8. The van der Waals surface area contributed by atoms with E-state index in [1.54, 1.807) is 16.1 Å². The van der Waals surface area contributed by atoms with Gasteiger partial charge in [-0.3, -0.25) is 18.4 Å². The van der Waals surface area contributed by atoms with E-state index >= 15 is 0 Å². The Bertz CT molecular complexity index is 1560. The first-order chi connectivity index (χ1) is 19.3. The summed E-state index contributed by atoms with van der Waals surface area (Å²) >= 11 is 1.78. The Morgan fingerprint density at radius 1 is 1.07 bits per heavy atom. The monoisotopic (exact) mass is 576 g/mol. The number of hydrogen-bond acceptors (Lipinski definition) is 8. The summed E-state index contributed by atoms with van der Waals surface area (Å²) in [6.07, 6.45) is 3.21. The average Bonchev–Trinajstić information content (AvgIpc) is 3.18. The first-order valence-corrected chi connectivity index (χ1v) is 16.8. The van der Waals surface area contributed by atoms with Gasteiger partial charge in [0.2, 0.25) is 0 Å². The Labute approximate surface area is 241 Å². The number of fused-ring (bicyclic) bond motifs is 2. The molecule has 0 unspecified atom stereocenters. The lowest BCUT2D eigenvalue weighted by Gasteiger charge is -2.38. The molecule has 2 aliphatic heterocycles. The van der Waals surface area contributed by atoms with E-state index in [1.807, 2.05) is 32.2 Å². The van der Waals surface area contributed by atoms with Crippen molar-refractivity contribution in [1.29, 1.82) is 0 Å². The molecule has 1 saturated carbocycles. The largest absolute Gasteiger partial charge is 0.305 e. The molecule has 7 rings (SSSR count). The molecular formula is C30H36N6O2S2. The molecule has 10 heteroatoms. The number of anilines is 1. The Hall–Kier alpha value is -2.63. The molecule has 2 atom stereocenters. The Morgan fingerprint density at radius 2 is 1.93 bits per heavy atom. The van der Waals surface area contributed by atoms with E-state index in [4.69, 9.17) is 0 Å². The molecule has 2 N–H and O–H groups in total. The van der Waals surface area contributed by atoms with Crippen molar-refractivity contribution in [2.24, 2.45) is 13.0 Å². The minimum atomic E-state index is -2.63. The average molecular weight is 577 g/mol. The topological polar surface area (TPSA) is 90.5 Å². The van der Waals surface area contributed by atoms with Gasteiger partial charge >= 0.3 is 0 Å². The molecule has 0 radical (unpaired) electrons. The first kappa shape index (κ1) is 26.3. The molecule has 4 aromatic rings. The summed E-state index contributed by atoms with van der Waals surface area (Å²) in [4.78, 5) is 7.29. The quantitative estimate of drug-likeness (QED) is 0.196. The normalized spacial score (nSPS) is 24.5. The highest BCUT2D eigenvalue weighted by Crippen LogP contribution is 2.59. The zero-order valence-corrected chi connectivity index (χ0v) is 24.7. The predicted octanol–water partition coefficient (Wildman–Crippen LogP) is 5.97. The third-order valence-corrected chi connectivity index (χ3v) is 11.9. The van der Waals surface area contributed by atoms with E-state index in [-0.39, 0.29) is 5.41 Å². The number of aromatic nitrogens is 4. The van der Waals surface area contributed by atoms with Crippen LogP contribution in [-0.4, -0.2) is 71.4 Å². The lowest BCUT2D eigenvalue weighted by molar-refractivity contribution is 0.299. The summed E-state index contributed by atoms with van der Waals surface area (Å²) in [6, 6.07) is 19.0. The lowest BCUT2D eigenvalue weighted by atomic mass is 9.95. The van der Waals surface area contributed by atoms with E-state index < -0.39 is 10.8 Å². The van der Waals surface area contributed by atoms with Crippen molar-refractivity contribution in [3.05, 3.63) is 65.9 Å². The van der Waals surface area contributed by atoms with Crippen molar-refractivity contribution < 1.29 is 9.11 Å². The molecule has 40 heavy (non-hydrogen) atoms. The molecule has 0 spiro atoms. The summed E-state index contributed by atoms with van der Waals surface area (Å²) in [5, 5.41) is 11.1. The number of pyridine rings is 1. The van der Waals surface area contributed by atoms with Crippen molar-refractivity contribution >= 4 is 39.1 Å². The number of nitrogens with zero attached hydrogens (tertiary/aromatic N) is 6. The van der Waals surface area contributed by atoms with Crippen LogP contribution in [0.4, 0.5) is 5.69 Å². The second kappa shape index (κ2) is 10.0. The minimum absolute atomic E-state index is 0.281. The third-order valence-electron chi connectivity index (χ3n) is 8.88. The third kappa shape index (κ3) is 4.59. The maximum absolute atomic E-state index is 10.3. The molecule has 210 valence electrons. The van der Waals surface area contributed by atoms with E-state index in [0.717, 1.165) is 83.0 Å². The highest BCUT2D eigenvalue weighted by Gasteiger charge is 2.60. The summed E-state index contributed by atoms with van der Waals surface area (Å²) in [5.41, 5.74) is 5.67. The Morgan fingerprint density at radius 3 is 2.73 bits per heavy atom. The van der Waals surface area contributed by atoms with Crippen LogP contribution < -0.4 is 4.31 Å². The zero-order chi connectivity index (χ0) is 27.5. The number of piperidine rings is 1. The van der Waals surface area contributed by atoms with Gasteiger partial charge in [-0.1, -0.05) is 42.1 Å². The van der Waals surface area contributed by atoms with E-state index in [2.05, 4.69) is 61.0 Å². The van der Waals surface area contributed by atoms with Gasteiger partial charge in [0.1, 0.15) is 0 Å².